The van der Waals surface area contributed by atoms with Gasteiger partial charge in [-0.1, -0.05) is 22.0 Å². The SMILES string of the molecule is Brc1ccc2c(c1)CCCC2.COC=O. The fourth-order valence-corrected chi connectivity index (χ4v) is 2.11. The van der Waals surface area contributed by atoms with Crippen LogP contribution in [-0.2, 0) is 22.4 Å². The van der Waals surface area contributed by atoms with Crippen LogP contribution in [-0.4, -0.2) is 13.6 Å². The van der Waals surface area contributed by atoms with Crippen LogP contribution in [0.4, 0.5) is 0 Å². The summed E-state index contributed by atoms with van der Waals surface area (Å²) in [4.78, 5) is 8.95. The van der Waals surface area contributed by atoms with Crippen molar-refractivity contribution in [3.8, 4) is 0 Å². The number of hydrogen-bond donors (Lipinski definition) is 0. The lowest BCUT2D eigenvalue weighted by molar-refractivity contribution is -0.126. The lowest BCUT2D eigenvalue weighted by Crippen LogP contribution is -2.01. The molecule has 2 nitrogen and oxygen atoms in total. The van der Waals surface area contributed by atoms with Gasteiger partial charge in [-0.25, -0.2) is 0 Å². The number of hydrogen-bond acceptors (Lipinski definition) is 2. The van der Waals surface area contributed by atoms with Gasteiger partial charge in [0.2, 0.25) is 0 Å². The van der Waals surface area contributed by atoms with Crippen molar-refractivity contribution in [1.29, 1.82) is 0 Å². The number of carbonyl (C=O) groups excluding carboxylic acids is 1. The van der Waals surface area contributed by atoms with Crippen LogP contribution < -0.4 is 0 Å². The third kappa shape index (κ3) is 4.04. The molecule has 15 heavy (non-hydrogen) atoms. The molecule has 0 aliphatic heterocycles. The number of carbonyl (C=O) groups is 1. The van der Waals surface area contributed by atoms with Crippen molar-refractivity contribution in [3.05, 3.63) is 33.8 Å². The molecule has 0 fully saturated rings. The Labute approximate surface area is 98.8 Å². The van der Waals surface area contributed by atoms with Crippen LogP contribution in [0, 0.1) is 0 Å². The van der Waals surface area contributed by atoms with E-state index in [1.807, 2.05) is 0 Å². The molecule has 0 radical (unpaired) electrons. The number of rotatable bonds is 1. The molecule has 1 aliphatic rings. The summed E-state index contributed by atoms with van der Waals surface area (Å²) in [5, 5.41) is 0. The van der Waals surface area contributed by atoms with E-state index in [2.05, 4.69) is 38.9 Å². The van der Waals surface area contributed by atoms with Gasteiger partial charge < -0.3 is 4.74 Å². The van der Waals surface area contributed by atoms with Crippen LogP contribution in [0.2, 0.25) is 0 Å². The van der Waals surface area contributed by atoms with Crippen LogP contribution in [0.15, 0.2) is 22.7 Å². The number of aryl methyl sites for hydroxylation is 2. The monoisotopic (exact) mass is 270 g/mol. The van der Waals surface area contributed by atoms with E-state index in [1.165, 1.54) is 37.3 Å². The first kappa shape index (κ1) is 12.2. The third-order valence-electron chi connectivity index (χ3n) is 2.41. The van der Waals surface area contributed by atoms with Crippen molar-refractivity contribution in [2.45, 2.75) is 25.7 Å². The van der Waals surface area contributed by atoms with Crippen LogP contribution in [0.1, 0.15) is 24.0 Å². The minimum atomic E-state index is 0.375. The maximum Gasteiger partial charge on any atom is 0.292 e. The predicted molar refractivity (Wildman–Crippen MR) is 63.9 cm³/mol. The average molecular weight is 271 g/mol. The lowest BCUT2D eigenvalue weighted by Gasteiger charge is -2.14. The Morgan fingerprint density at radius 2 is 1.87 bits per heavy atom. The topological polar surface area (TPSA) is 26.3 Å². The van der Waals surface area contributed by atoms with E-state index in [0.717, 1.165) is 0 Å². The number of benzene rings is 1. The Hall–Kier alpha value is -0.830. The van der Waals surface area contributed by atoms with Crippen molar-refractivity contribution in [1.82, 2.24) is 0 Å². The first-order chi connectivity index (χ1) is 7.27. The van der Waals surface area contributed by atoms with Crippen molar-refractivity contribution < 1.29 is 9.53 Å². The minimum absolute atomic E-state index is 0.375. The normalized spacial score (nSPS) is 13.2. The molecular formula is C12H15BrO2. The maximum atomic E-state index is 8.95. The highest BCUT2D eigenvalue weighted by Gasteiger charge is 2.07. The highest BCUT2D eigenvalue weighted by atomic mass is 79.9. The number of methoxy groups -OCH3 is 1. The molecular weight excluding hydrogens is 256 g/mol. The molecule has 0 saturated carbocycles. The summed E-state index contributed by atoms with van der Waals surface area (Å²) in [7, 11) is 1.31. The molecule has 0 aromatic heterocycles. The largest absolute Gasteiger partial charge is 0.471 e. The summed E-state index contributed by atoms with van der Waals surface area (Å²) in [6.45, 7) is 0.375. The van der Waals surface area contributed by atoms with Crippen molar-refractivity contribution in [3.63, 3.8) is 0 Å². The predicted octanol–water partition coefficient (Wildman–Crippen LogP) is 3.12. The van der Waals surface area contributed by atoms with E-state index in [0.29, 0.717) is 6.47 Å². The Balaban J connectivity index is 0.000000245. The molecule has 1 aromatic rings. The quantitative estimate of drug-likeness (QED) is 0.733. The second-order valence-corrected chi connectivity index (χ2v) is 4.37. The fraction of sp³-hybridized carbons (Fsp3) is 0.417. The Morgan fingerprint density at radius 3 is 2.47 bits per heavy atom. The highest BCUT2D eigenvalue weighted by Crippen LogP contribution is 2.24. The number of halogens is 1. The molecule has 0 heterocycles. The Morgan fingerprint density at radius 1 is 1.27 bits per heavy atom. The molecule has 3 heteroatoms. The summed E-state index contributed by atoms with van der Waals surface area (Å²) in [5.41, 5.74) is 3.10. The molecule has 0 unspecified atom stereocenters. The molecule has 1 aromatic carbocycles. The smallest absolute Gasteiger partial charge is 0.292 e. The zero-order valence-corrected chi connectivity index (χ0v) is 10.4. The summed E-state index contributed by atoms with van der Waals surface area (Å²) in [6.07, 6.45) is 5.29. The van der Waals surface area contributed by atoms with E-state index in [9.17, 15) is 0 Å². The van der Waals surface area contributed by atoms with Crippen molar-refractivity contribution in [2.24, 2.45) is 0 Å². The van der Waals surface area contributed by atoms with E-state index in [4.69, 9.17) is 4.79 Å². The second kappa shape index (κ2) is 6.62. The molecule has 0 atom stereocenters. The van der Waals surface area contributed by atoms with Gasteiger partial charge in [0.25, 0.3) is 6.47 Å². The zero-order chi connectivity index (χ0) is 11.1. The standard InChI is InChI=1S/C10H11Br.C2H4O2/c11-10-6-5-8-3-1-2-4-9(8)7-10;1-4-2-3/h5-7H,1-4H2;2H,1H3. The van der Waals surface area contributed by atoms with E-state index >= 15 is 0 Å². The summed E-state index contributed by atoms with van der Waals surface area (Å²) in [6, 6.07) is 6.65. The molecule has 1 aliphatic carbocycles. The maximum absolute atomic E-state index is 8.95. The first-order valence-electron chi connectivity index (χ1n) is 5.01. The molecule has 0 amide bonds. The molecule has 82 valence electrons. The van der Waals surface area contributed by atoms with E-state index < -0.39 is 0 Å². The van der Waals surface area contributed by atoms with Crippen LogP contribution in [0.3, 0.4) is 0 Å². The van der Waals surface area contributed by atoms with Gasteiger partial charge in [0.1, 0.15) is 0 Å². The first-order valence-corrected chi connectivity index (χ1v) is 5.81. The van der Waals surface area contributed by atoms with Gasteiger partial charge in [0.05, 0.1) is 7.11 Å². The second-order valence-electron chi connectivity index (χ2n) is 3.45. The molecule has 0 saturated heterocycles. The van der Waals surface area contributed by atoms with Gasteiger partial charge >= 0.3 is 0 Å². The van der Waals surface area contributed by atoms with Crippen molar-refractivity contribution >= 4 is 22.4 Å². The third-order valence-corrected chi connectivity index (χ3v) is 2.90. The Kier molecular flexibility index (Phi) is 5.40. The summed E-state index contributed by atoms with van der Waals surface area (Å²) >= 11 is 3.49. The van der Waals surface area contributed by atoms with Gasteiger partial charge in [0, 0.05) is 4.47 Å². The van der Waals surface area contributed by atoms with Crippen LogP contribution >= 0.6 is 15.9 Å². The van der Waals surface area contributed by atoms with Crippen molar-refractivity contribution in [2.75, 3.05) is 7.11 Å². The number of fused-ring (bicyclic) bond motifs is 1. The number of ether oxygens (including phenoxy) is 1. The average Bonchev–Trinajstić information content (AvgIpc) is 2.29. The van der Waals surface area contributed by atoms with Gasteiger partial charge in [-0.2, -0.15) is 0 Å². The zero-order valence-electron chi connectivity index (χ0n) is 8.83. The molecule has 0 N–H and O–H groups in total. The van der Waals surface area contributed by atoms with Crippen LogP contribution in [0.25, 0.3) is 0 Å². The molecule has 2 rings (SSSR count). The van der Waals surface area contributed by atoms with Gasteiger partial charge in [-0.05, 0) is 48.9 Å². The summed E-state index contributed by atoms with van der Waals surface area (Å²) < 4.78 is 5.08. The fourth-order valence-electron chi connectivity index (χ4n) is 1.70. The molecule has 0 spiro atoms. The van der Waals surface area contributed by atoms with Gasteiger partial charge in [0.15, 0.2) is 0 Å². The highest BCUT2D eigenvalue weighted by molar-refractivity contribution is 9.10. The van der Waals surface area contributed by atoms with E-state index in [-0.39, 0.29) is 0 Å². The minimum Gasteiger partial charge on any atom is -0.471 e. The molecule has 0 bridgehead atoms. The van der Waals surface area contributed by atoms with E-state index in [1.54, 1.807) is 11.1 Å². The van der Waals surface area contributed by atoms with Crippen LogP contribution in [0.5, 0.6) is 0 Å². The Bertz CT molecular complexity index is 323. The van der Waals surface area contributed by atoms with Gasteiger partial charge in [-0.3, -0.25) is 4.79 Å². The summed E-state index contributed by atoms with van der Waals surface area (Å²) in [5.74, 6) is 0. The lowest BCUT2D eigenvalue weighted by atomic mass is 9.92. The van der Waals surface area contributed by atoms with Gasteiger partial charge in [-0.15, -0.1) is 0 Å².